The Bertz CT molecular complexity index is 240. The van der Waals surface area contributed by atoms with E-state index in [9.17, 15) is 9.59 Å². The molecule has 0 bridgehead atoms. The van der Waals surface area contributed by atoms with Gasteiger partial charge in [-0.05, 0) is 6.92 Å². The molecule has 0 radical (unpaired) electrons. The number of hydrogen-bond acceptors (Lipinski definition) is 4. The van der Waals surface area contributed by atoms with Crippen LogP contribution in [-0.2, 0) is 14.3 Å². The molecule has 1 amide bonds. The summed E-state index contributed by atoms with van der Waals surface area (Å²) < 4.78 is 4.76. The van der Waals surface area contributed by atoms with Crippen LogP contribution < -0.4 is 10.6 Å². The minimum atomic E-state index is -1.06. The Labute approximate surface area is 88.3 Å². The maximum Gasteiger partial charge on any atom is 0.329 e. The molecule has 86 valence electrons. The molecule has 0 saturated heterocycles. The van der Waals surface area contributed by atoms with E-state index in [0.29, 0.717) is 13.2 Å². The first kappa shape index (κ1) is 13.4. The van der Waals surface area contributed by atoms with Gasteiger partial charge in [-0.25, -0.2) is 4.79 Å². The number of hydrogen-bond donors (Lipinski definition) is 3. The maximum absolute atomic E-state index is 11.3. The number of aliphatic carboxylic acids is 1. The second-order valence-corrected chi connectivity index (χ2v) is 2.84. The fourth-order valence-corrected chi connectivity index (χ4v) is 0.769. The van der Waals surface area contributed by atoms with Gasteiger partial charge >= 0.3 is 5.97 Å². The molecular weight excluding hydrogens is 200 g/mol. The predicted molar refractivity (Wildman–Crippen MR) is 54.3 cm³/mol. The van der Waals surface area contributed by atoms with Crippen LogP contribution in [0.2, 0.25) is 0 Å². The van der Waals surface area contributed by atoms with Crippen molar-refractivity contribution in [3.63, 3.8) is 0 Å². The summed E-state index contributed by atoms with van der Waals surface area (Å²) in [7, 11) is 1.55. The lowest BCUT2D eigenvalue weighted by atomic mass is 10.3. The van der Waals surface area contributed by atoms with Crippen molar-refractivity contribution >= 4 is 11.9 Å². The van der Waals surface area contributed by atoms with Crippen LogP contribution in [0.5, 0.6) is 0 Å². The first-order chi connectivity index (χ1) is 7.07. The minimum Gasteiger partial charge on any atom is -0.478 e. The third kappa shape index (κ3) is 7.51. The van der Waals surface area contributed by atoms with Gasteiger partial charge in [-0.1, -0.05) is 0 Å². The SMILES string of the molecule is COCCNC(=O)C(C)N/C=C/C(=O)O. The Hall–Kier alpha value is -1.56. The number of nitrogens with one attached hydrogen (secondary N) is 2. The number of rotatable bonds is 7. The van der Waals surface area contributed by atoms with Crippen LogP contribution >= 0.6 is 0 Å². The molecule has 3 N–H and O–H groups in total. The monoisotopic (exact) mass is 216 g/mol. The summed E-state index contributed by atoms with van der Waals surface area (Å²) in [6.07, 6.45) is 2.15. The molecule has 0 aliphatic heterocycles. The fraction of sp³-hybridized carbons (Fsp3) is 0.556. The van der Waals surface area contributed by atoms with Crippen molar-refractivity contribution in [2.24, 2.45) is 0 Å². The zero-order valence-corrected chi connectivity index (χ0v) is 8.82. The van der Waals surface area contributed by atoms with Crippen LogP contribution in [0.1, 0.15) is 6.92 Å². The third-order valence-electron chi connectivity index (χ3n) is 1.57. The van der Waals surface area contributed by atoms with Gasteiger partial charge in [0.2, 0.25) is 5.91 Å². The Balaban J connectivity index is 3.73. The summed E-state index contributed by atoms with van der Waals surface area (Å²) in [5.41, 5.74) is 0. The van der Waals surface area contributed by atoms with Crippen molar-refractivity contribution in [2.45, 2.75) is 13.0 Å². The predicted octanol–water partition coefficient (Wildman–Crippen LogP) is -0.675. The number of methoxy groups -OCH3 is 1. The molecule has 6 heteroatoms. The molecule has 0 aromatic heterocycles. The summed E-state index contributed by atoms with van der Waals surface area (Å²) in [6, 6.07) is -0.475. The second-order valence-electron chi connectivity index (χ2n) is 2.84. The molecule has 1 atom stereocenters. The number of carbonyl (C=O) groups is 2. The molecule has 0 fully saturated rings. The van der Waals surface area contributed by atoms with Crippen LogP contribution in [0.3, 0.4) is 0 Å². The number of carboxylic acids is 1. The van der Waals surface area contributed by atoms with Gasteiger partial charge in [0.25, 0.3) is 0 Å². The lowest BCUT2D eigenvalue weighted by Crippen LogP contribution is -2.41. The Morgan fingerprint density at radius 1 is 1.53 bits per heavy atom. The maximum atomic E-state index is 11.3. The topological polar surface area (TPSA) is 87.7 Å². The summed E-state index contributed by atoms with van der Waals surface area (Å²) in [5.74, 6) is -1.27. The molecule has 0 aromatic carbocycles. The Morgan fingerprint density at radius 2 is 2.20 bits per heavy atom. The van der Waals surface area contributed by atoms with Crippen molar-refractivity contribution in [3.8, 4) is 0 Å². The molecule has 15 heavy (non-hydrogen) atoms. The van der Waals surface area contributed by atoms with Gasteiger partial charge in [0.15, 0.2) is 0 Å². The van der Waals surface area contributed by atoms with E-state index in [4.69, 9.17) is 9.84 Å². The van der Waals surface area contributed by atoms with Gasteiger partial charge in [-0.15, -0.1) is 0 Å². The molecule has 0 aliphatic rings. The van der Waals surface area contributed by atoms with E-state index in [1.54, 1.807) is 14.0 Å². The molecular formula is C9H16N2O4. The van der Waals surface area contributed by atoms with Gasteiger partial charge in [-0.2, -0.15) is 0 Å². The zero-order valence-electron chi connectivity index (χ0n) is 8.82. The second kappa shape index (κ2) is 7.81. The van der Waals surface area contributed by atoms with Crippen LogP contribution in [0.4, 0.5) is 0 Å². The Morgan fingerprint density at radius 3 is 2.73 bits per heavy atom. The molecule has 1 unspecified atom stereocenters. The number of amides is 1. The van der Waals surface area contributed by atoms with E-state index in [2.05, 4.69) is 10.6 Å². The lowest BCUT2D eigenvalue weighted by Gasteiger charge is -2.11. The van der Waals surface area contributed by atoms with Gasteiger partial charge in [0, 0.05) is 25.9 Å². The van der Waals surface area contributed by atoms with Crippen molar-refractivity contribution in [1.29, 1.82) is 0 Å². The normalized spacial score (nSPS) is 12.4. The highest BCUT2D eigenvalue weighted by Crippen LogP contribution is 1.82. The number of carboxylic acid groups (broad SMARTS) is 1. The zero-order chi connectivity index (χ0) is 11.7. The van der Waals surface area contributed by atoms with Gasteiger partial charge < -0.3 is 20.5 Å². The first-order valence-electron chi connectivity index (χ1n) is 4.50. The molecule has 0 heterocycles. The highest BCUT2D eigenvalue weighted by molar-refractivity contribution is 5.82. The molecule has 0 saturated carbocycles. The summed E-state index contributed by atoms with van der Waals surface area (Å²) in [4.78, 5) is 21.4. The minimum absolute atomic E-state index is 0.206. The van der Waals surface area contributed by atoms with Crippen LogP contribution in [0.25, 0.3) is 0 Å². The van der Waals surface area contributed by atoms with E-state index >= 15 is 0 Å². The van der Waals surface area contributed by atoms with E-state index in [-0.39, 0.29) is 5.91 Å². The highest BCUT2D eigenvalue weighted by Gasteiger charge is 2.09. The van der Waals surface area contributed by atoms with Crippen LogP contribution in [0.15, 0.2) is 12.3 Å². The van der Waals surface area contributed by atoms with Crippen molar-refractivity contribution in [2.75, 3.05) is 20.3 Å². The molecule has 0 aliphatic carbocycles. The van der Waals surface area contributed by atoms with Crippen molar-refractivity contribution in [3.05, 3.63) is 12.3 Å². The van der Waals surface area contributed by atoms with Gasteiger partial charge in [-0.3, -0.25) is 4.79 Å². The summed E-state index contributed by atoms with van der Waals surface area (Å²) in [6.45, 7) is 2.52. The Kier molecular flexibility index (Phi) is 7.00. The molecule has 0 rings (SSSR count). The summed E-state index contributed by atoms with van der Waals surface area (Å²) >= 11 is 0. The van der Waals surface area contributed by atoms with E-state index in [0.717, 1.165) is 6.08 Å². The first-order valence-corrected chi connectivity index (χ1v) is 4.50. The largest absolute Gasteiger partial charge is 0.478 e. The smallest absolute Gasteiger partial charge is 0.329 e. The molecule has 6 nitrogen and oxygen atoms in total. The van der Waals surface area contributed by atoms with E-state index in [1.807, 2.05) is 0 Å². The number of ether oxygens (including phenoxy) is 1. The van der Waals surface area contributed by atoms with Crippen molar-refractivity contribution < 1.29 is 19.4 Å². The van der Waals surface area contributed by atoms with Gasteiger partial charge in [0.05, 0.1) is 6.61 Å². The lowest BCUT2D eigenvalue weighted by molar-refractivity contribution is -0.131. The number of carbonyl (C=O) groups excluding carboxylic acids is 1. The molecule has 0 spiro atoms. The quantitative estimate of drug-likeness (QED) is 0.388. The van der Waals surface area contributed by atoms with Crippen LogP contribution in [0, 0.1) is 0 Å². The molecule has 0 aromatic rings. The van der Waals surface area contributed by atoms with Crippen molar-refractivity contribution in [1.82, 2.24) is 10.6 Å². The average molecular weight is 216 g/mol. The third-order valence-corrected chi connectivity index (χ3v) is 1.57. The fourth-order valence-electron chi connectivity index (χ4n) is 0.769. The van der Waals surface area contributed by atoms with Gasteiger partial charge in [0.1, 0.15) is 6.04 Å². The van der Waals surface area contributed by atoms with Crippen LogP contribution in [-0.4, -0.2) is 43.3 Å². The highest BCUT2D eigenvalue weighted by atomic mass is 16.5. The van der Waals surface area contributed by atoms with E-state index in [1.165, 1.54) is 6.20 Å². The summed E-state index contributed by atoms with van der Waals surface area (Å²) in [5, 5.41) is 13.5. The average Bonchev–Trinajstić information content (AvgIpc) is 2.17. The van der Waals surface area contributed by atoms with E-state index < -0.39 is 12.0 Å². The standard InChI is InChI=1S/C9H16N2O4/c1-7(10-4-3-8(12)13)9(14)11-5-6-15-2/h3-4,7,10H,5-6H2,1-2H3,(H,11,14)(H,12,13)/b4-3+.